The molecule has 0 aliphatic rings. The molecular formula is C18H19F2NO4S. The van der Waals surface area contributed by atoms with E-state index in [-0.39, 0.29) is 12.2 Å². The molecule has 8 heteroatoms. The number of amides is 1. The monoisotopic (exact) mass is 383 g/mol. The van der Waals surface area contributed by atoms with E-state index in [2.05, 4.69) is 0 Å². The standard InChI is InChI=1S/C18H19F2NO4S/c1-11(2)12-5-4-6-14(7-12)25-10-13-8-17(20)15(9-16(13)19)18(22)21-26(3,23)24/h4-9,11H,10H2,1-3H3,(H,21,22). The zero-order chi connectivity index (χ0) is 19.5. The van der Waals surface area contributed by atoms with Gasteiger partial charge in [0.15, 0.2) is 0 Å². The highest BCUT2D eigenvalue weighted by Gasteiger charge is 2.19. The average Bonchev–Trinajstić information content (AvgIpc) is 2.53. The van der Waals surface area contributed by atoms with Crippen LogP contribution in [-0.2, 0) is 16.6 Å². The SMILES string of the molecule is CC(C)c1cccc(OCc2cc(F)c(C(=O)NS(C)(=O)=O)cc2F)c1. The van der Waals surface area contributed by atoms with Crippen LogP contribution in [0.3, 0.4) is 0 Å². The lowest BCUT2D eigenvalue weighted by Gasteiger charge is -2.11. The van der Waals surface area contributed by atoms with Crippen molar-refractivity contribution in [1.29, 1.82) is 0 Å². The molecule has 2 rings (SSSR count). The van der Waals surface area contributed by atoms with Gasteiger partial charge in [-0.25, -0.2) is 21.9 Å². The summed E-state index contributed by atoms with van der Waals surface area (Å²) in [6.07, 6.45) is 0.743. The summed E-state index contributed by atoms with van der Waals surface area (Å²) in [5.74, 6) is -2.34. The van der Waals surface area contributed by atoms with Crippen LogP contribution in [0.2, 0.25) is 0 Å². The molecule has 0 heterocycles. The van der Waals surface area contributed by atoms with E-state index in [0.717, 1.165) is 17.9 Å². The summed E-state index contributed by atoms with van der Waals surface area (Å²) in [6.45, 7) is 3.81. The maximum atomic E-state index is 14.2. The zero-order valence-corrected chi connectivity index (χ0v) is 15.4. The van der Waals surface area contributed by atoms with Gasteiger partial charge in [-0.2, -0.15) is 0 Å². The zero-order valence-electron chi connectivity index (χ0n) is 14.5. The van der Waals surface area contributed by atoms with Crippen molar-refractivity contribution in [3.8, 4) is 5.75 Å². The number of nitrogens with one attached hydrogen (secondary N) is 1. The molecule has 0 saturated heterocycles. The first-order valence-electron chi connectivity index (χ1n) is 7.79. The van der Waals surface area contributed by atoms with E-state index in [1.54, 1.807) is 16.9 Å². The molecule has 0 aliphatic carbocycles. The van der Waals surface area contributed by atoms with Gasteiger partial charge in [-0.15, -0.1) is 0 Å². The van der Waals surface area contributed by atoms with Crippen molar-refractivity contribution in [2.24, 2.45) is 0 Å². The highest BCUT2D eigenvalue weighted by Crippen LogP contribution is 2.22. The lowest BCUT2D eigenvalue weighted by molar-refractivity contribution is 0.0977. The number of carbonyl (C=O) groups is 1. The summed E-state index contributed by atoms with van der Waals surface area (Å²) >= 11 is 0. The van der Waals surface area contributed by atoms with Crippen molar-refractivity contribution < 1.29 is 26.7 Å². The van der Waals surface area contributed by atoms with E-state index in [0.29, 0.717) is 17.7 Å². The second-order valence-electron chi connectivity index (χ2n) is 6.14. The molecule has 0 unspecified atom stereocenters. The Bertz CT molecular complexity index is 927. The molecule has 1 N–H and O–H groups in total. The molecule has 0 aliphatic heterocycles. The van der Waals surface area contributed by atoms with E-state index < -0.39 is 33.1 Å². The van der Waals surface area contributed by atoms with Gasteiger partial charge in [-0.1, -0.05) is 26.0 Å². The molecule has 0 bridgehead atoms. The third-order valence-corrected chi connectivity index (χ3v) is 4.13. The minimum atomic E-state index is -3.88. The van der Waals surface area contributed by atoms with Crippen molar-refractivity contribution in [2.45, 2.75) is 26.4 Å². The van der Waals surface area contributed by atoms with Crippen molar-refractivity contribution in [3.63, 3.8) is 0 Å². The number of sulfonamides is 1. The Kier molecular flexibility index (Phi) is 5.97. The summed E-state index contributed by atoms with van der Waals surface area (Å²) in [7, 11) is -3.88. The van der Waals surface area contributed by atoms with Gasteiger partial charge in [0.25, 0.3) is 5.91 Å². The van der Waals surface area contributed by atoms with Crippen molar-refractivity contribution in [2.75, 3.05) is 6.26 Å². The van der Waals surface area contributed by atoms with Crippen molar-refractivity contribution in [3.05, 3.63) is 64.7 Å². The number of hydrogen-bond donors (Lipinski definition) is 1. The largest absolute Gasteiger partial charge is 0.489 e. The van der Waals surface area contributed by atoms with Crippen LogP contribution in [-0.4, -0.2) is 20.6 Å². The molecule has 5 nitrogen and oxygen atoms in total. The summed E-state index contributed by atoms with van der Waals surface area (Å²) in [4.78, 5) is 11.7. The summed E-state index contributed by atoms with van der Waals surface area (Å²) in [6, 6.07) is 8.73. The van der Waals surface area contributed by atoms with E-state index in [4.69, 9.17) is 4.74 Å². The number of ether oxygens (including phenoxy) is 1. The van der Waals surface area contributed by atoms with E-state index in [1.807, 2.05) is 26.0 Å². The summed E-state index contributed by atoms with van der Waals surface area (Å²) < 4.78 is 57.4. The predicted molar refractivity (Wildman–Crippen MR) is 93.5 cm³/mol. The molecule has 26 heavy (non-hydrogen) atoms. The average molecular weight is 383 g/mol. The molecule has 0 atom stereocenters. The maximum absolute atomic E-state index is 14.2. The van der Waals surface area contributed by atoms with E-state index >= 15 is 0 Å². The minimum absolute atomic E-state index is 0.0895. The number of halogens is 2. The molecule has 0 aromatic heterocycles. The fourth-order valence-electron chi connectivity index (χ4n) is 2.22. The van der Waals surface area contributed by atoms with Crippen molar-refractivity contribution >= 4 is 15.9 Å². The molecule has 140 valence electrons. The molecular weight excluding hydrogens is 364 g/mol. The Labute approximate surface area is 151 Å². The fourth-order valence-corrected chi connectivity index (χ4v) is 2.67. The van der Waals surface area contributed by atoms with Gasteiger partial charge in [0.05, 0.1) is 11.8 Å². The Morgan fingerprint density at radius 2 is 1.85 bits per heavy atom. The number of carbonyl (C=O) groups excluding carboxylic acids is 1. The maximum Gasteiger partial charge on any atom is 0.267 e. The molecule has 2 aromatic carbocycles. The van der Waals surface area contributed by atoms with Crippen LogP contribution >= 0.6 is 0 Å². The van der Waals surface area contributed by atoms with Gasteiger partial charge in [-0.05, 0) is 35.7 Å². The van der Waals surface area contributed by atoms with Crippen LogP contribution in [0.25, 0.3) is 0 Å². The van der Waals surface area contributed by atoms with Crippen LogP contribution < -0.4 is 9.46 Å². The van der Waals surface area contributed by atoms with Crippen molar-refractivity contribution in [1.82, 2.24) is 4.72 Å². The topological polar surface area (TPSA) is 72.5 Å². The number of hydrogen-bond acceptors (Lipinski definition) is 4. The first kappa shape index (κ1) is 19.8. The lowest BCUT2D eigenvalue weighted by atomic mass is 10.0. The molecule has 1 amide bonds. The lowest BCUT2D eigenvalue weighted by Crippen LogP contribution is -2.30. The van der Waals surface area contributed by atoms with Gasteiger partial charge in [-0.3, -0.25) is 4.79 Å². The molecule has 0 saturated carbocycles. The van der Waals surface area contributed by atoms with Crippen LogP contribution in [0.4, 0.5) is 8.78 Å². The second-order valence-corrected chi connectivity index (χ2v) is 7.89. The Morgan fingerprint density at radius 1 is 1.15 bits per heavy atom. The van der Waals surface area contributed by atoms with E-state index in [1.165, 1.54) is 0 Å². The highest BCUT2D eigenvalue weighted by atomic mass is 32.2. The first-order chi connectivity index (χ1) is 12.1. The Balaban J connectivity index is 2.18. The smallest absolute Gasteiger partial charge is 0.267 e. The van der Waals surface area contributed by atoms with Gasteiger partial charge in [0, 0.05) is 5.56 Å². The van der Waals surface area contributed by atoms with Crippen LogP contribution in [0.1, 0.15) is 41.3 Å². The number of rotatable bonds is 6. The number of benzene rings is 2. The van der Waals surface area contributed by atoms with Gasteiger partial charge >= 0.3 is 0 Å². The third-order valence-electron chi connectivity index (χ3n) is 3.58. The third kappa shape index (κ3) is 5.26. The summed E-state index contributed by atoms with van der Waals surface area (Å²) in [5.41, 5.74) is 0.258. The highest BCUT2D eigenvalue weighted by molar-refractivity contribution is 7.89. The fraction of sp³-hybridized carbons (Fsp3) is 0.278. The van der Waals surface area contributed by atoms with E-state index in [9.17, 15) is 22.0 Å². The van der Waals surface area contributed by atoms with Crippen LogP contribution in [0, 0.1) is 11.6 Å². The molecule has 2 aromatic rings. The predicted octanol–water partition coefficient (Wildman–Crippen LogP) is 3.36. The van der Waals surface area contributed by atoms with Gasteiger partial charge in [0.2, 0.25) is 10.0 Å². The Hall–Kier alpha value is -2.48. The second kappa shape index (κ2) is 7.82. The van der Waals surface area contributed by atoms with Crippen LogP contribution in [0.5, 0.6) is 5.75 Å². The summed E-state index contributed by atoms with van der Waals surface area (Å²) in [5, 5.41) is 0. The normalized spacial score (nSPS) is 11.5. The first-order valence-corrected chi connectivity index (χ1v) is 9.69. The molecule has 0 spiro atoms. The molecule has 0 radical (unpaired) electrons. The van der Waals surface area contributed by atoms with Gasteiger partial charge in [0.1, 0.15) is 24.0 Å². The van der Waals surface area contributed by atoms with Gasteiger partial charge < -0.3 is 4.74 Å². The Morgan fingerprint density at radius 3 is 2.46 bits per heavy atom. The molecule has 0 fully saturated rings. The minimum Gasteiger partial charge on any atom is -0.489 e. The van der Waals surface area contributed by atoms with Crippen LogP contribution in [0.15, 0.2) is 36.4 Å². The quantitative estimate of drug-likeness (QED) is 0.830.